The molecule has 3 nitrogen and oxygen atoms in total. The number of carboxylic acids is 1. The molecule has 1 unspecified atom stereocenters. The summed E-state index contributed by atoms with van der Waals surface area (Å²) in [6, 6.07) is 6.96. The van der Waals surface area contributed by atoms with E-state index in [0.29, 0.717) is 15.6 Å². The van der Waals surface area contributed by atoms with E-state index in [1.807, 2.05) is 29.5 Å². The van der Waals surface area contributed by atoms with Crippen molar-refractivity contribution in [3.63, 3.8) is 0 Å². The van der Waals surface area contributed by atoms with E-state index in [-0.39, 0.29) is 5.57 Å². The van der Waals surface area contributed by atoms with Gasteiger partial charge in [0.15, 0.2) is 0 Å². The molecule has 0 aromatic heterocycles. The molecule has 0 fully saturated rings. The van der Waals surface area contributed by atoms with E-state index in [4.69, 9.17) is 5.11 Å². The van der Waals surface area contributed by atoms with Crippen LogP contribution in [0.25, 0.3) is 0 Å². The van der Waals surface area contributed by atoms with Gasteiger partial charge in [-0.05, 0) is 46.7 Å². The van der Waals surface area contributed by atoms with Gasteiger partial charge in [-0.25, -0.2) is 4.79 Å². The van der Waals surface area contributed by atoms with Gasteiger partial charge in [0.05, 0.1) is 5.57 Å². The van der Waals surface area contributed by atoms with Crippen LogP contribution >= 0.6 is 38.5 Å². The van der Waals surface area contributed by atoms with Crippen molar-refractivity contribution in [3.8, 4) is 0 Å². The van der Waals surface area contributed by atoms with Crippen LogP contribution < -0.4 is 0 Å². The zero-order valence-corrected chi connectivity index (χ0v) is 12.9. The minimum Gasteiger partial charge on any atom is -0.478 e. The summed E-state index contributed by atoms with van der Waals surface area (Å²) >= 11 is 5.25. The maximum Gasteiger partial charge on any atom is 0.335 e. The quantitative estimate of drug-likeness (QED) is 0.588. The predicted octanol–water partition coefficient (Wildman–Crippen LogP) is 3.67. The third-order valence-corrected chi connectivity index (χ3v) is 4.16. The SMILES string of the molecule is CCC(I)=C(C(=O)O)C(O)c1ccc(Br)cc1. The molecular weight excluding hydrogens is 399 g/mol. The molecule has 0 spiro atoms. The molecular formula is C12H12BrIO3. The maximum atomic E-state index is 11.1. The van der Waals surface area contributed by atoms with Crippen molar-refractivity contribution in [1.82, 2.24) is 0 Å². The average molecular weight is 411 g/mol. The Kier molecular flexibility index (Phi) is 5.61. The summed E-state index contributed by atoms with van der Waals surface area (Å²) in [5, 5.41) is 19.2. The van der Waals surface area contributed by atoms with Gasteiger partial charge in [-0.3, -0.25) is 0 Å². The zero-order valence-electron chi connectivity index (χ0n) is 9.15. The van der Waals surface area contributed by atoms with Gasteiger partial charge < -0.3 is 10.2 Å². The van der Waals surface area contributed by atoms with Gasteiger partial charge >= 0.3 is 5.97 Å². The second-order valence-electron chi connectivity index (χ2n) is 3.43. The number of rotatable bonds is 4. The third kappa shape index (κ3) is 3.79. The highest BCUT2D eigenvalue weighted by molar-refractivity contribution is 14.1. The summed E-state index contributed by atoms with van der Waals surface area (Å²) in [6.07, 6.45) is -0.497. The summed E-state index contributed by atoms with van der Waals surface area (Å²) in [4.78, 5) is 11.1. The van der Waals surface area contributed by atoms with Crippen LogP contribution in [0.1, 0.15) is 25.0 Å². The van der Waals surface area contributed by atoms with E-state index < -0.39 is 12.1 Å². The van der Waals surface area contributed by atoms with Crippen molar-refractivity contribution in [2.24, 2.45) is 0 Å². The minimum atomic E-state index is -1.09. The molecule has 1 aromatic rings. The Bertz CT molecular complexity index is 440. The summed E-state index contributed by atoms with van der Waals surface area (Å²) in [5.74, 6) is -1.08. The van der Waals surface area contributed by atoms with Crippen molar-refractivity contribution in [1.29, 1.82) is 0 Å². The van der Waals surface area contributed by atoms with E-state index in [2.05, 4.69) is 15.9 Å². The molecule has 0 bridgehead atoms. The monoisotopic (exact) mass is 410 g/mol. The molecule has 0 aliphatic heterocycles. The number of carbonyl (C=O) groups is 1. The highest BCUT2D eigenvalue weighted by Crippen LogP contribution is 2.29. The number of hydrogen-bond donors (Lipinski definition) is 2. The number of carboxylic acid groups (broad SMARTS) is 1. The first-order valence-electron chi connectivity index (χ1n) is 5.02. The van der Waals surface area contributed by atoms with E-state index in [1.165, 1.54) is 0 Å². The van der Waals surface area contributed by atoms with E-state index in [9.17, 15) is 9.90 Å². The Hall–Kier alpha value is -0.400. The summed E-state index contributed by atoms with van der Waals surface area (Å²) in [6.45, 7) is 1.86. The third-order valence-electron chi connectivity index (χ3n) is 2.29. The maximum absolute atomic E-state index is 11.1. The normalized spacial score (nSPS) is 14.1. The highest BCUT2D eigenvalue weighted by Gasteiger charge is 2.22. The molecule has 0 aliphatic carbocycles. The van der Waals surface area contributed by atoms with Crippen LogP contribution in [0.2, 0.25) is 0 Å². The fourth-order valence-electron chi connectivity index (χ4n) is 1.38. The van der Waals surface area contributed by atoms with E-state index in [1.54, 1.807) is 24.3 Å². The number of halogens is 2. The highest BCUT2D eigenvalue weighted by atomic mass is 127. The van der Waals surface area contributed by atoms with Crippen molar-refractivity contribution in [2.45, 2.75) is 19.4 Å². The fraction of sp³-hybridized carbons (Fsp3) is 0.250. The van der Waals surface area contributed by atoms with Crippen molar-refractivity contribution in [2.75, 3.05) is 0 Å². The van der Waals surface area contributed by atoms with Crippen LogP contribution in [0.15, 0.2) is 37.9 Å². The molecule has 0 radical (unpaired) electrons. The predicted molar refractivity (Wildman–Crippen MR) is 78.1 cm³/mol. The molecule has 1 atom stereocenters. The molecule has 17 heavy (non-hydrogen) atoms. The second-order valence-corrected chi connectivity index (χ2v) is 5.65. The lowest BCUT2D eigenvalue weighted by atomic mass is 10.0. The first kappa shape index (κ1) is 14.7. The average Bonchev–Trinajstić information content (AvgIpc) is 2.29. The minimum absolute atomic E-state index is 0.0513. The molecule has 0 amide bonds. The topological polar surface area (TPSA) is 57.5 Å². The van der Waals surface area contributed by atoms with Crippen molar-refractivity contribution >= 4 is 44.5 Å². The Morgan fingerprint density at radius 3 is 2.35 bits per heavy atom. The molecule has 0 saturated carbocycles. The standard InChI is InChI=1S/C12H12BrIO3/c1-2-9(14)10(12(16)17)11(15)7-3-5-8(13)6-4-7/h3-6,11,15H,2H2,1H3,(H,16,17). The Morgan fingerprint density at radius 1 is 1.41 bits per heavy atom. The largest absolute Gasteiger partial charge is 0.478 e. The van der Waals surface area contributed by atoms with Crippen LogP contribution in [0, 0.1) is 0 Å². The van der Waals surface area contributed by atoms with Crippen molar-refractivity contribution in [3.05, 3.63) is 43.5 Å². The van der Waals surface area contributed by atoms with Crippen LogP contribution in [0.3, 0.4) is 0 Å². The molecule has 0 heterocycles. The molecule has 92 valence electrons. The lowest BCUT2D eigenvalue weighted by Crippen LogP contribution is -2.12. The first-order chi connectivity index (χ1) is 7.97. The smallest absolute Gasteiger partial charge is 0.335 e. The number of aliphatic hydroxyl groups is 1. The Labute approximate surface area is 122 Å². The van der Waals surface area contributed by atoms with Crippen molar-refractivity contribution < 1.29 is 15.0 Å². The van der Waals surface area contributed by atoms with Gasteiger partial charge in [0.25, 0.3) is 0 Å². The summed E-state index contributed by atoms with van der Waals surface area (Å²) in [7, 11) is 0. The Morgan fingerprint density at radius 2 is 1.94 bits per heavy atom. The molecule has 1 rings (SSSR count). The van der Waals surface area contributed by atoms with Crippen LogP contribution in [0.4, 0.5) is 0 Å². The van der Waals surface area contributed by atoms with E-state index >= 15 is 0 Å². The number of benzene rings is 1. The molecule has 0 saturated heterocycles. The lowest BCUT2D eigenvalue weighted by Gasteiger charge is -2.14. The van der Waals surface area contributed by atoms with Gasteiger partial charge in [-0.1, -0.05) is 35.0 Å². The van der Waals surface area contributed by atoms with Gasteiger partial charge in [-0.15, -0.1) is 0 Å². The Balaban J connectivity index is 3.13. The van der Waals surface area contributed by atoms with Gasteiger partial charge in [0.2, 0.25) is 0 Å². The zero-order chi connectivity index (χ0) is 13.0. The lowest BCUT2D eigenvalue weighted by molar-refractivity contribution is -0.133. The number of allylic oxidation sites excluding steroid dienone is 1. The summed E-state index contributed by atoms with van der Waals surface area (Å²) in [5.41, 5.74) is 0.628. The number of aliphatic carboxylic acids is 1. The number of aliphatic hydroxyl groups excluding tert-OH is 1. The van der Waals surface area contributed by atoms with Crippen LogP contribution in [-0.2, 0) is 4.79 Å². The number of hydrogen-bond acceptors (Lipinski definition) is 2. The van der Waals surface area contributed by atoms with E-state index in [0.717, 1.165) is 4.47 Å². The van der Waals surface area contributed by atoms with Gasteiger partial charge in [0.1, 0.15) is 6.10 Å². The fourth-order valence-corrected chi connectivity index (χ4v) is 2.17. The molecule has 1 aromatic carbocycles. The molecule has 2 N–H and O–H groups in total. The van der Waals surface area contributed by atoms with Gasteiger partial charge in [-0.2, -0.15) is 0 Å². The second kappa shape index (κ2) is 6.51. The molecule has 5 heteroatoms. The van der Waals surface area contributed by atoms with Crippen LogP contribution in [-0.4, -0.2) is 16.2 Å². The van der Waals surface area contributed by atoms with Gasteiger partial charge in [0, 0.05) is 8.05 Å². The molecule has 0 aliphatic rings. The summed E-state index contributed by atoms with van der Waals surface area (Å²) < 4.78 is 1.55. The first-order valence-corrected chi connectivity index (χ1v) is 6.90. The van der Waals surface area contributed by atoms with Crippen LogP contribution in [0.5, 0.6) is 0 Å².